The largest absolute Gasteiger partial charge is 0.438 e. The second-order valence-corrected chi connectivity index (χ2v) is 8.05. The number of hydrogen-bond donors (Lipinski definition) is 2. The van der Waals surface area contributed by atoms with Gasteiger partial charge in [0.15, 0.2) is 11.5 Å². The molecule has 1 aliphatic rings. The fraction of sp³-hybridized carbons (Fsp3) is 0.261. The summed E-state index contributed by atoms with van der Waals surface area (Å²) in [5.41, 5.74) is 1.43. The summed E-state index contributed by atoms with van der Waals surface area (Å²) in [7, 11) is 0. The molecule has 3 heterocycles. The van der Waals surface area contributed by atoms with E-state index in [9.17, 15) is 14.0 Å². The summed E-state index contributed by atoms with van der Waals surface area (Å²) in [6, 6.07) is 7.32. The highest BCUT2D eigenvalue weighted by atomic mass is 19.1. The van der Waals surface area contributed by atoms with E-state index in [0.717, 1.165) is 12.8 Å². The Morgan fingerprint density at radius 2 is 1.97 bits per heavy atom. The molecule has 1 saturated carbocycles. The number of nitrogens with zero attached hydrogens (tertiary/aromatic N) is 5. The van der Waals surface area contributed by atoms with Crippen LogP contribution in [0.4, 0.5) is 15.9 Å². The fourth-order valence-corrected chi connectivity index (χ4v) is 3.43. The van der Waals surface area contributed by atoms with Crippen molar-refractivity contribution in [3.05, 3.63) is 59.8 Å². The van der Waals surface area contributed by atoms with Crippen molar-refractivity contribution < 1.29 is 18.7 Å². The van der Waals surface area contributed by atoms with E-state index in [1.165, 1.54) is 22.7 Å². The van der Waals surface area contributed by atoms with Crippen molar-refractivity contribution in [2.45, 2.75) is 33.2 Å². The zero-order chi connectivity index (χ0) is 23.8. The van der Waals surface area contributed by atoms with Gasteiger partial charge in [0.05, 0.1) is 23.1 Å². The molecule has 0 unspecified atom stereocenters. The van der Waals surface area contributed by atoms with E-state index in [-0.39, 0.29) is 29.1 Å². The van der Waals surface area contributed by atoms with Gasteiger partial charge in [0.1, 0.15) is 11.6 Å². The monoisotopic (exact) mass is 463 g/mol. The second-order valence-electron chi connectivity index (χ2n) is 8.05. The van der Waals surface area contributed by atoms with Crippen molar-refractivity contribution in [2.75, 3.05) is 10.6 Å². The SMILES string of the molecule is CCn1cc(C(=O)Nc2cc(Oc3ccc4nc(NC(=O)C5CC5)cn4n3)ccc2F)c(C)n1. The van der Waals surface area contributed by atoms with Gasteiger partial charge in [-0.25, -0.2) is 13.9 Å². The molecule has 0 aliphatic heterocycles. The van der Waals surface area contributed by atoms with Crippen molar-refractivity contribution in [1.29, 1.82) is 0 Å². The summed E-state index contributed by atoms with van der Waals surface area (Å²) in [5.74, 6) is -0.118. The van der Waals surface area contributed by atoms with Crippen molar-refractivity contribution in [1.82, 2.24) is 24.4 Å². The van der Waals surface area contributed by atoms with Crippen LogP contribution in [0.25, 0.3) is 5.65 Å². The van der Waals surface area contributed by atoms with Gasteiger partial charge in [-0.3, -0.25) is 14.3 Å². The van der Waals surface area contributed by atoms with Crippen molar-refractivity contribution in [2.24, 2.45) is 5.92 Å². The second kappa shape index (κ2) is 8.58. The van der Waals surface area contributed by atoms with Gasteiger partial charge in [0.25, 0.3) is 5.91 Å². The summed E-state index contributed by atoms with van der Waals surface area (Å²) < 4.78 is 23.3. The predicted molar refractivity (Wildman–Crippen MR) is 121 cm³/mol. The molecule has 4 aromatic rings. The van der Waals surface area contributed by atoms with Crippen LogP contribution in [-0.2, 0) is 11.3 Å². The van der Waals surface area contributed by atoms with Gasteiger partial charge in [-0.1, -0.05) is 0 Å². The van der Waals surface area contributed by atoms with Crippen LogP contribution < -0.4 is 15.4 Å². The highest BCUT2D eigenvalue weighted by Crippen LogP contribution is 2.30. The molecule has 0 spiro atoms. The normalized spacial score (nSPS) is 13.1. The number of benzene rings is 1. The average Bonchev–Trinajstić information content (AvgIpc) is 3.49. The first kappa shape index (κ1) is 21.6. The van der Waals surface area contributed by atoms with Crippen LogP contribution in [0, 0.1) is 18.7 Å². The Morgan fingerprint density at radius 1 is 1.15 bits per heavy atom. The maximum Gasteiger partial charge on any atom is 0.259 e. The van der Waals surface area contributed by atoms with Crippen LogP contribution in [0.3, 0.4) is 0 Å². The van der Waals surface area contributed by atoms with E-state index in [1.54, 1.807) is 36.1 Å². The minimum absolute atomic E-state index is 0.0278. The minimum Gasteiger partial charge on any atom is -0.438 e. The Kier molecular flexibility index (Phi) is 5.44. The molecule has 5 rings (SSSR count). The molecular weight excluding hydrogens is 441 g/mol. The zero-order valence-electron chi connectivity index (χ0n) is 18.6. The third-order valence-corrected chi connectivity index (χ3v) is 5.42. The summed E-state index contributed by atoms with van der Waals surface area (Å²) in [4.78, 5) is 28.9. The molecule has 2 amide bonds. The highest BCUT2D eigenvalue weighted by Gasteiger charge is 2.30. The number of aromatic nitrogens is 5. The molecule has 34 heavy (non-hydrogen) atoms. The lowest BCUT2D eigenvalue weighted by molar-refractivity contribution is -0.117. The zero-order valence-corrected chi connectivity index (χ0v) is 18.6. The van der Waals surface area contributed by atoms with E-state index < -0.39 is 11.7 Å². The van der Waals surface area contributed by atoms with Crippen molar-refractivity contribution >= 4 is 29.0 Å². The third-order valence-electron chi connectivity index (χ3n) is 5.42. The molecule has 1 aromatic carbocycles. The van der Waals surface area contributed by atoms with Crippen LogP contribution in [0.2, 0.25) is 0 Å². The Hall–Kier alpha value is -4.28. The van der Waals surface area contributed by atoms with Gasteiger partial charge in [-0.15, -0.1) is 5.10 Å². The van der Waals surface area contributed by atoms with Crippen molar-refractivity contribution in [3.8, 4) is 11.6 Å². The number of halogens is 1. The first-order valence-electron chi connectivity index (χ1n) is 10.9. The summed E-state index contributed by atoms with van der Waals surface area (Å²) >= 11 is 0. The molecule has 0 atom stereocenters. The van der Waals surface area contributed by atoms with Crippen molar-refractivity contribution in [3.63, 3.8) is 0 Å². The number of rotatable bonds is 7. The number of ether oxygens (including phenoxy) is 1. The summed E-state index contributed by atoms with van der Waals surface area (Å²) in [6.07, 6.45) is 5.02. The number of fused-ring (bicyclic) bond motifs is 1. The Bertz CT molecular complexity index is 1410. The predicted octanol–water partition coefficient (Wildman–Crippen LogP) is 3.79. The first-order chi connectivity index (χ1) is 16.4. The van der Waals surface area contributed by atoms with Crippen LogP contribution >= 0.6 is 0 Å². The van der Waals surface area contributed by atoms with Gasteiger partial charge < -0.3 is 15.4 Å². The number of anilines is 2. The quantitative estimate of drug-likeness (QED) is 0.431. The number of aryl methyl sites for hydroxylation is 2. The van der Waals surface area contributed by atoms with Crippen LogP contribution in [0.5, 0.6) is 11.6 Å². The molecule has 1 fully saturated rings. The maximum atomic E-state index is 14.4. The molecule has 0 saturated heterocycles. The lowest BCUT2D eigenvalue weighted by atomic mass is 10.2. The van der Waals surface area contributed by atoms with Crippen LogP contribution in [-0.4, -0.2) is 36.2 Å². The smallest absolute Gasteiger partial charge is 0.259 e. The molecule has 3 aromatic heterocycles. The maximum absolute atomic E-state index is 14.4. The minimum atomic E-state index is -0.602. The van der Waals surface area contributed by atoms with E-state index in [0.29, 0.717) is 29.3 Å². The Labute approximate surface area is 193 Å². The standard InChI is InChI=1S/C23H22FN7O3/c1-3-30-11-16(13(2)28-30)23(33)25-18-10-15(6-7-17(18)24)34-21-9-8-20-26-19(12-31(20)29-21)27-22(32)14-4-5-14/h6-12,14H,3-5H2,1-2H3,(H,25,33)(H,27,32). The molecule has 0 bridgehead atoms. The topological polar surface area (TPSA) is 115 Å². The molecule has 2 N–H and O–H groups in total. The average molecular weight is 463 g/mol. The van der Waals surface area contributed by atoms with E-state index >= 15 is 0 Å². The highest BCUT2D eigenvalue weighted by molar-refractivity contribution is 6.05. The fourth-order valence-electron chi connectivity index (χ4n) is 3.43. The Morgan fingerprint density at radius 3 is 2.71 bits per heavy atom. The lowest BCUT2D eigenvalue weighted by Gasteiger charge is -2.09. The molecule has 174 valence electrons. The number of nitrogens with one attached hydrogen (secondary N) is 2. The first-order valence-corrected chi connectivity index (χ1v) is 10.9. The molecular formula is C23H22FN7O3. The van der Waals surface area contributed by atoms with Gasteiger partial charge in [-0.05, 0) is 44.9 Å². The number of carbonyl (C=O) groups is 2. The molecule has 10 nitrogen and oxygen atoms in total. The van der Waals surface area contributed by atoms with Crippen LogP contribution in [0.1, 0.15) is 35.8 Å². The molecule has 11 heteroatoms. The molecule has 1 aliphatic carbocycles. The molecule has 0 radical (unpaired) electrons. The number of amides is 2. The van der Waals surface area contributed by atoms with Crippen LogP contribution in [0.15, 0.2) is 42.7 Å². The summed E-state index contributed by atoms with van der Waals surface area (Å²) in [5, 5.41) is 13.9. The van der Waals surface area contributed by atoms with Gasteiger partial charge in [0.2, 0.25) is 11.8 Å². The van der Waals surface area contributed by atoms with Gasteiger partial charge >= 0.3 is 0 Å². The number of carbonyl (C=O) groups excluding carboxylic acids is 2. The van der Waals surface area contributed by atoms with E-state index in [2.05, 4.69) is 25.8 Å². The van der Waals surface area contributed by atoms with E-state index in [4.69, 9.17) is 4.74 Å². The summed E-state index contributed by atoms with van der Waals surface area (Å²) in [6.45, 7) is 4.25. The number of imidazole rings is 1. The van der Waals surface area contributed by atoms with Gasteiger partial charge in [0, 0.05) is 30.8 Å². The lowest BCUT2D eigenvalue weighted by Crippen LogP contribution is -2.13. The number of hydrogen-bond acceptors (Lipinski definition) is 6. The Balaban J connectivity index is 1.32. The van der Waals surface area contributed by atoms with Gasteiger partial charge in [-0.2, -0.15) is 5.10 Å². The third kappa shape index (κ3) is 4.45. The van der Waals surface area contributed by atoms with E-state index in [1.807, 2.05) is 6.92 Å².